The van der Waals surface area contributed by atoms with Gasteiger partial charge < -0.3 is 14.9 Å². The highest BCUT2D eigenvalue weighted by atomic mass is 79.9. The fourth-order valence-corrected chi connectivity index (χ4v) is 2.40. The molecule has 0 aliphatic carbocycles. The number of halogens is 1. The molecule has 1 atom stereocenters. The summed E-state index contributed by atoms with van der Waals surface area (Å²) >= 11 is 3.52. The second kappa shape index (κ2) is 6.26. The van der Waals surface area contributed by atoms with Gasteiger partial charge in [0.1, 0.15) is 11.5 Å². The van der Waals surface area contributed by atoms with Gasteiger partial charge in [-0.05, 0) is 58.6 Å². The van der Waals surface area contributed by atoms with Crippen molar-refractivity contribution in [2.45, 2.75) is 26.3 Å². The van der Waals surface area contributed by atoms with E-state index in [9.17, 15) is 0 Å². The van der Waals surface area contributed by atoms with Crippen molar-refractivity contribution in [3.63, 3.8) is 0 Å². The summed E-state index contributed by atoms with van der Waals surface area (Å²) in [4.78, 5) is 0. The Morgan fingerprint density at radius 1 is 1.37 bits per heavy atom. The van der Waals surface area contributed by atoms with Crippen LogP contribution in [0.15, 0.2) is 39.4 Å². The highest BCUT2D eigenvalue weighted by Crippen LogP contribution is 2.31. The van der Waals surface area contributed by atoms with Crippen LogP contribution in [0, 0.1) is 6.92 Å². The van der Waals surface area contributed by atoms with E-state index in [1.54, 1.807) is 6.26 Å². The minimum absolute atomic E-state index is 0.258. The maximum atomic E-state index is 6.23. The number of hydrogen-bond acceptors (Lipinski definition) is 3. The minimum Gasteiger partial charge on any atom is -0.492 e. The minimum atomic E-state index is -0.258. The third-order valence-corrected chi connectivity index (χ3v) is 3.58. The molecule has 1 aromatic heterocycles. The average molecular weight is 324 g/mol. The lowest BCUT2D eigenvalue weighted by molar-refractivity contribution is 0.315. The van der Waals surface area contributed by atoms with Crippen LogP contribution in [0.1, 0.15) is 36.3 Å². The van der Waals surface area contributed by atoms with Crippen LogP contribution in [0.2, 0.25) is 0 Å². The summed E-state index contributed by atoms with van der Waals surface area (Å²) in [6, 6.07) is 7.56. The van der Waals surface area contributed by atoms with Gasteiger partial charge in [-0.25, -0.2) is 0 Å². The van der Waals surface area contributed by atoms with Crippen LogP contribution in [-0.2, 0) is 0 Å². The number of ether oxygens (including phenoxy) is 1. The third-order valence-electron chi connectivity index (χ3n) is 2.96. The molecule has 0 radical (unpaired) electrons. The maximum absolute atomic E-state index is 6.23. The normalized spacial score (nSPS) is 12.4. The zero-order valence-corrected chi connectivity index (χ0v) is 12.7. The van der Waals surface area contributed by atoms with Gasteiger partial charge in [-0.2, -0.15) is 0 Å². The van der Waals surface area contributed by atoms with E-state index < -0.39 is 0 Å². The van der Waals surface area contributed by atoms with Gasteiger partial charge in [0, 0.05) is 0 Å². The lowest BCUT2D eigenvalue weighted by atomic mass is 10.0. The van der Waals surface area contributed by atoms with Crippen molar-refractivity contribution >= 4 is 15.9 Å². The smallest absolute Gasteiger partial charge is 0.133 e. The van der Waals surface area contributed by atoms with Gasteiger partial charge in [0.05, 0.1) is 23.4 Å². The molecule has 2 rings (SSSR count). The number of aryl methyl sites for hydroxylation is 1. The molecule has 1 aromatic carbocycles. The summed E-state index contributed by atoms with van der Waals surface area (Å²) in [6.07, 6.45) is 2.65. The second-order valence-corrected chi connectivity index (χ2v) is 5.34. The van der Waals surface area contributed by atoms with Crippen LogP contribution in [0.5, 0.6) is 5.75 Å². The van der Waals surface area contributed by atoms with Crippen molar-refractivity contribution < 1.29 is 9.15 Å². The number of nitrogens with two attached hydrogens (primary N) is 1. The monoisotopic (exact) mass is 323 g/mol. The quantitative estimate of drug-likeness (QED) is 0.897. The van der Waals surface area contributed by atoms with E-state index in [2.05, 4.69) is 22.9 Å². The number of furan rings is 1. The van der Waals surface area contributed by atoms with Crippen molar-refractivity contribution in [3.8, 4) is 5.75 Å². The fraction of sp³-hybridized carbons (Fsp3) is 0.333. The van der Waals surface area contributed by atoms with E-state index in [-0.39, 0.29) is 6.04 Å². The summed E-state index contributed by atoms with van der Waals surface area (Å²) in [6.45, 7) is 4.78. The van der Waals surface area contributed by atoms with Crippen molar-refractivity contribution in [1.82, 2.24) is 0 Å². The first kappa shape index (κ1) is 14.2. The Morgan fingerprint density at radius 2 is 2.16 bits per heavy atom. The van der Waals surface area contributed by atoms with Gasteiger partial charge >= 0.3 is 0 Å². The van der Waals surface area contributed by atoms with Crippen molar-refractivity contribution in [3.05, 3.63) is 51.9 Å². The van der Waals surface area contributed by atoms with Crippen LogP contribution in [0.4, 0.5) is 0 Å². The van der Waals surface area contributed by atoms with E-state index in [0.717, 1.165) is 33.5 Å². The predicted octanol–water partition coefficient (Wildman–Crippen LogP) is 4.19. The van der Waals surface area contributed by atoms with E-state index in [1.807, 2.05) is 31.2 Å². The van der Waals surface area contributed by atoms with Gasteiger partial charge in [0.2, 0.25) is 0 Å². The maximum Gasteiger partial charge on any atom is 0.133 e. The van der Waals surface area contributed by atoms with E-state index >= 15 is 0 Å². The molecule has 1 heterocycles. The number of benzene rings is 1. The first-order valence-electron chi connectivity index (χ1n) is 6.35. The molecule has 0 spiro atoms. The van der Waals surface area contributed by atoms with Crippen LogP contribution < -0.4 is 10.5 Å². The summed E-state index contributed by atoms with van der Waals surface area (Å²) in [5.41, 5.74) is 8.28. The Balaban J connectivity index is 2.22. The molecule has 0 saturated carbocycles. The van der Waals surface area contributed by atoms with Gasteiger partial charge in [0.25, 0.3) is 0 Å². The Hall–Kier alpha value is -1.26. The highest BCUT2D eigenvalue weighted by molar-refractivity contribution is 9.10. The van der Waals surface area contributed by atoms with Crippen molar-refractivity contribution in [2.75, 3.05) is 6.61 Å². The van der Waals surface area contributed by atoms with Crippen LogP contribution in [0.3, 0.4) is 0 Å². The summed E-state index contributed by atoms with van der Waals surface area (Å²) in [7, 11) is 0. The summed E-state index contributed by atoms with van der Waals surface area (Å²) in [5, 5.41) is 0. The van der Waals surface area contributed by atoms with Crippen LogP contribution in [-0.4, -0.2) is 6.61 Å². The molecule has 4 heteroatoms. The largest absolute Gasteiger partial charge is 0.492 e. The lowest BCUT2D eigenvalue weighted by Crippen LogP contribution is -2.12. The van der Waals surface area contributed by atoms with Crippen molar-refractivity contribution in [2.24, 2.45) is 5.73 Å². The Labute approximate surface area is 121 Å². The number of rotatable bonds is 5. The molecule has 0 saturated heterocycles. The molecule has 1 unspecified atom stereocenters. The molecular formula is C15H18BrNO2. The highest BCUT2D eigenvalue weighted by Gasteiger charge is 2.16. The van der Waals surface area contributed by atoms with E-state index in [4.69, 9.17) is 14.9 Å². The standard InChI is InChI=1S/C15H18BrNO2/c1-3-7-18-13-5-4-11(9-12(13)16)14(17)15-10(2)6-8-19-15/h4-6,8-9,14H,3,7,17H2,1-2H3. The Kier molecular flexibility index (Phi) is 4.66. The molecule has 0 aliphatic rings. The molecule has 0 fully saturated rings. The van der Waals surface area contributed by atoms with Gasteiger partial charge in [-0.15, -0.1) is 0 Å². The van der Waals surface area contributed by atoms with Crippen LogP contribution in [0.25, 0.3) is 0 Å². The van der Waals surface area contributed by atoms with E-state index in [0.29, 0.717) is 6.61 Å². The average Bonchev–Trinajstić information content (AvgIpc) is 2.82. The molecule has 0 aliphatic heterocycles. The first-order valence-corrected chi connectivity index (χ1v) is 7.14. The first-order chi connectivity index (χ1) is 9.13. The zero-order chi connectivity index (χ0) is 13.8. The Morgan fingerprint density at radius 3 is 2.74 bits per heavy atom. The molecule has 2 aromatic rings. The summed E-state index contributed by atoms with van der Waals surface area (Å²) in [5.74, 6) is 1.64. The summed E-state index contributed by atoms with van der Waals surface area (Å²) < 4.78 is 12.0. The SMILES string of the molecule is CCCOc1ccc(C(N)c2occc2C)cc1Br. The molecule has 0 bridgehead atoms. The van der Waals surface area contributed by atoms with Crippen molar-refractivity contribution in [1.29, 1.82) is 0 Å². The number of hydrogen-bond donors (Lipinski definition) is 1. The topological polar surface area (TPSA) is 48.4 Å². The molecule has 2 N–H and O–H groups in total. The van der Waals surface area contributed by atoms with Gasteiger partial charge in [-0.3, -0.25) is 0 Å². The molecular weight excluding hydrogens is 306 g/mol. The second-order valence-electron chi connectivity index (χ2n) is 4.48. The molecule has 3 nitrogen and oxygen atoms in total. The lowest BCUT2D eigenvalue weighted by Gasteiger charge is -2.13. The molecule has 0 amide bonds. The van der Waals surface area contributed by atoms with Crippen LogP contribution >= 0.6 is 15.9 Å². The third kappa shape index (κ3) is 3.19. The fourth-order valence-electron chi connectivity index (χ4n) is 1.89. The molecule has 19 heavy (non-hydrogen) atoms. The predicted molar refractivity (Wildman–Crippen MR) is 79.4 cm³/mol. The van der Waals surface area contributed by atoms with Gasteiger partial charge in [0.15, 0.2) is 0 Å². The zero-order valence-electron chi connectivity index (χ0n) is 11.2. The van der Waals surface area contributed by atoms with Gasteiger partial charge in [-0.1, -0.05) is 13.0 Å². The molecule has 102 valence electrons. The van der Waals surface area contributed by atoms with E-state index in [1.165, 1.54) is 0 Å². The Bertz CT molecular complexity index is 551.